The van der Waals surface area contributed by atoms with Crippen LogP contribution in [0.4, 0.5) is 10.1 Å². The standard InChI is InChI=1S/C16H13BrFN3O/c1-9-3-5-13(12(17)7-9)20-16(22)15-10(2)19-14-6-4-11(18)8-21(14)15/h3-8H,1-2H3,(H,20,22). The Kier molecular flexibility index (Phi) is 3.70. The van der Waals surface area contributed by atoms with Gasteiger partial charge in [-0.15, -0.1) is 0 Å². The summed E-state index contributed by atoms with van der Waals surface area (Å²) >= 11 is 3.42. The first kappa shape index (κ1) is 14.7. The van der Waals surface area contributed by atoms with Crippen molar-refractivity contribution in [1.29, 1.82) is 0 Å². The summed E-state index contributed by atoms with van der Waals surface area (Å²) in [5, 5.41) is 2.82. The van der Waals surface area contributed by atoms with Crippen LogP contribution in [-0.4, -0.2) is 15.3 Å². The van der Waals surface area contributed by atoms with E-state index in [9.17, 15) is 9.18 Å². The number of anilines is 1. The normalized spacial score (nSPS) is 10.9. The molecule has 0 bridgehead atoms. The Morgan fingerprint density at radius 3 is 2.77 bits per heavy atom. The van der Waals surface area contributed by atoms with Crippen LogP contribution in [-0.2, 0) is 0 Å². The molecule has 0 spiro atoms. The molecule has 4 nitrogen and oxygen atoms in total. The molecular weight excluding hydrogens is 349 g/mol. The second kappa shape index (κ2) is 5.53. The van der Waals surface area contributed by atoms with E-state index in [0.29, 0.717) is 22.7 Å². The second-order valence-corrected chi connectivity index (χ2v) is 5.91. The van der Waals surface area contributed by atoms with E-state index in [-0.39, 0.29) is 5.91 Å². The van der Waals surface area contributed by atoms with Crippen LogP contribution in [0.5, 0.6) is 0 Å². The molecule has 0 aliphatic carbocycles. The number of nitrogens with zero attached hydrogens (tertiary/aromatic N) is 2. The molecule has 1 amide bonds. The number of imidazole rings is 1. The zero-order valence-corrected chi connectivity index (χ0v) is 13.6. The van der Waals surface area contributed by atoms with Gasteiger partial charge in [0.15, 0.2) is 0 Å². The smallest absolute Gasteiger partial charge is 0.274 e. The molecule has 0 radical (unpaired) electrons. The summed E-state index contributed by atoms with van der Waals surface area (Å²) in [5.74, 6) is -0.754. The van der Waals surface area contributed by atoms with Gasteiger partial charge in [0, 0.05) is 10.7 Å². The maximum absolute atomic E-state index is 13.4. The zero-order valence-electron chi connectivity index (χ0n) is 12.0. The molecule has 2 aromatic heterocycles. The van der Waals surface area contributed by atoms with Crippen molar-refractivity contribution in [3.05, 3.63) is 63.8 Å². The van der Waals surface area contributed by atoms with Crippen LogP contribution >= 0.6 is 15.9 Å². The molecule has 3 rings (SSSR count). The summed E-state index contributed by atoms with van der Waals surface area (Å²) in [6, 6.07) is 8.50. The molecule has 0 saturated carbocycles. The van der Waals surface area contributed by atoms with Gasteiger partial charge >= 0.3 is 0 Å². The SMILES string of the molecule is Cc1ccc(NC(=O)c2c(C)nc3ccc(F)cn23)c(Br)c1. The largest absolute Gasteiger partial charge is 0.320 e. The van der Waals surface area contributed by atoms with E-state index in [4.69, 9.17) is 0 Å². The Bertz CT molecular complexity index is 888. The summed E-state index contributed by atoms with van der Waals surface area (Å²) in [6.45, 7) is 3.69. The van der Waals surface area contributed by atoms with Gasteiger partial charge in [-0.05, 0) is 59.6 Å². The van der Waals surface area contributed by atoms with Crippen LogP contribution in [0.25, 0.3) is 5.65 Å². The Balaban J connectivity index is 2.02. The lowest BCUT2D eigenvalue weighted by Crippen LogP contribution is -2.16. The zero-order chi connectivity index (χ0) is 15.9. The molecule has 3 aromatic rings. The molecule has 2 heterocycles. The van der Waals surface area contributed by atoms with Crippen molar-refractivity contribution in [3.63, 3.8) is 0 Å². The molecular formula is C16H13BrFN3O. The number of nitrogens with one attached hydrogen (secondary N) is 1. The van der Waals surface area contributed by atoms with Crippen molar-refractivity contribution in [2.24, 2.45) is 0 Å². The van der Waals surface area contributed by atoms with Crippen LogP contribution in [0.15, 0.2) is 41.0 Å². The van der Waals surface area contributed by atoms with Crippen molar-refractivity contribution in [1.82, 2.24) is 9.38 Å². The van der Waals surface area contributed by atoms with E-state index in [0.717, 1.165) is 10.0 Å². The number of carbonyl (C=O) groups excluding carboxylic acids is 1. The highest BCUT2D eigenvalue weighted by molar-refractivity contribution is 9.10. The van der Waals surface area contributed by atoms with Crippen LogP contribution < -0.4 is 5.32 Å². The van der Waals surface area contributed by atoms with Gasteiger partial charge in [0.25, 0.3) is 5.91 Å². The van der Waals surface area contributed by atoms with Gasteiger partial charge in [-0.3, -0.25) is 9.20 Å². The molecule has 0 aliphatic rings. The van der Waals surface area contributed by atoms with Gasteiger partial charge < -0.3 is 5.32 Å². The highest BCUT2D eigenvalue weighted by Gasteiger charge is 2.18. The monoisotopic (exact) mass is 361 g/mol. The number of halogens is 2. The summed E-state index contributed by atoms with van der Waals surface area (Å²) in [7, 11) is 0. The van der Waals surface area contributed by atoms with Crippen LogP contribution in [0.1, 0.15) is 21.7 Å². The number of amides is 1. The van der Waals surface area contributed by atoms with E-state index in [1.54, 1.807) is 13.0 Å². The quantitative estimate of drug-likeness (QED) is 0.746. The van der Waals surface area contributed by atoms with Crippen molar-refractivity contribution >= 4 is 33.2 Å². The lowest BCUT2D eigenvalue weighted by Gasteiger charge is -2.08. The second-order valence-electron chi connectivity index (χ2n) is 5.06. The number of fused-ring (bicyclic) bond motifs is 1. The fourth-order valence-corrected chi connectivity index (χ4v) is 2.91. The summed E-state index contributed by atoms with van der Waals surface area (Å²) in [4.78, 5) is 16.8. The van der Waals surface area contributed by atoms with Gasteiger partial charge in [-0.2, -0.15) is 0 Å². The lowest BCUT2D eigenvalue weighted by molar-refractivity contribution is 0.102. The van der Waals surface area contributed by atoms with E-state index >= 15 is 0 Å². The predicted octanol–water partition coefficient (Wildman–Crippen LogP) is 4.11. The minimum atomic E-state index is -0.421. The summed E-state index contributed by atoms with van der Waals surface area (Å²) in [5.41, 5.74) is 3.14. The molecule has 0 atom stereocenters. The number of hydrogen-bond acceptors (Lipinski definition) is 2. The molecule has 22 heavy (non-hydrogen) atoms. The van der Waals surface area contributed by atoms with E-state index in [2.05, 4.69) is 26.2 Å². The van der Waals surface area contributed by atoms with Gasteiger partial charge in [-0.25, -0.2) is 9.37 Å². The first-order valence-electron chi connectivity index (χ1n) is 6.67. The van der Waals surface area contributed by atoms with Gasteiger partial charge in [-0.1, -0.05) is 6.07 Å². The summed E-state index contributed by atoms with van der Waals surface area (Å²) < 4.78 is 15.7. The first-order chi connectivity index (χ1) is 10.5. The third-order valence-corrected chi connectivity index (χ3v) is 4.00. The van der Waals surface area contributed by atoms with Crippen LogP contribution in [0.2, 0.25) is 0 Å². The number of benzene rings is 1. The molecule has 1 aromatic carbocycles. The molecule has 0 aliphatic heterocycles. The molecule has 6 heteroatoms. The fraction of sp³-hybridized carbons (Fsp3) is 0.125. The van der Waals surface area contributed by atoms with Crippen LogP contribution in [0, 0.1) is 19.7 Å². The van der Waals surface area contributed by atoms with Crippen molar-refractivity contribution in [3.8, 4) is 0 Å². The Labute approximate surface area is 135 Å². The third kappa shape index (κ3) is 2.62. The molecule has 1 N–H and O–H groups in total. The number of aromatic nitrogens is 2. The summed E-state index contributed by atoms with van der Waals surface area (Å²) in [6.07, 6.45) is 1.26. The Hall–Kier alpha value is -2.21. The van der Waals surface area contributed by atoms with E-state index in [1.165, 1.54) is 16.7 Å². The number of aryl methyl sites for hydroxylation is 2. The predicted molar refractivity (Wildman–Crippen MR) is 86.7 cm³/mol. The highest BCUT2D eigenvalue weighted by Crippen LogP contribution is 2.24. The van der Waals surface area contributed by atoms with E-state index < -0.39 is 5.82 Å². The molecule has 0 fully saturated rings. The van der Waals surface area contributed by atoms with Crippen LogP contribution in [0.3, 0.4) is 0 Å². The average molecular weight is 362 g/mol. The van der Waals surface area contributed by atoms with Gasteiger partial charge in [0.05, 0.1) is 11.4 Å². The topological polar surface area (TPSA) is 46.4 Å². The molecule has 0 saturated heterocycles. The number of pyridine rings is 1. The lowest BCUT2D eigenvalue weighted by atomic mass is 10.2. The van der Waals surface area contributed by atoms with Gasteiger partial charge in [0.2, 0.25) is 0 Å². The Morgan fingerprint density at radius 1 is 1.27 bits per heavy atom. The third-order valence-electron chi connectivity index (χ3n) is 3.34. The van der Waals surface area contributed by atoms with Crippen molar-refractivity contribution < 1.29 is 9.18 Å². The van der Waals surface area contributed by atoms with Crippen molar-refractivity contribution in [2.45, 2.75) is 13.8 Å². The van der Waals surface area contributed by atoms with Crippen molar-refractivity contribution in [2.75, 3.05) is 5.32 Å². The minimum Gasteiger partial charge on any atom is -0.320 e. The van der Waals surface area contributed by atoms with Gasteiger partial charge in [0.1, 0.15) is 17.2 Å². The average Bonchev–Trinajstić information content (AvgIpc) is 2.77. The maximum atomic E-state index is 13.4. The first-order valence-corrected chi connectivity index (χ1v) is 7.47. The molecule has 112 valence electrons. The fourth-order valence-electron chi connectivity index (χ4n) is 2.31. The van der Waals surface area contributed by atoms with E-state index in [1.807, 2.05) is 25.1 Å². The highest BCUT2D eigenvalue weighted by atomic mass is 79.9. The Morgan fingerprint density at radius 2 is 2.05 bits per heavy atom. The maximum Gasteiger partial charge on any atom is 0.274 e. The number of rotatable bonds is 2. The number of hydrogen-bond donors (Lipinski definition) is 1. The molecule has 0 unspecified atom stereocenters. The minimum absolute atomic E-state index is 0.321. The number of carbonyl (C=O) groups is 1.